The van der Waals surface area contributed by atoms with E-state index < -0.39 is 19.0 Å². The third-order valence-corrected chi connectivity index (χ3v) is 5.75. The highest BCUT2D eigenvalue weighted by atomic mass is 79.9. The lowest BCUT2D eigenvalue weighted by atomic mass is 10.1. The Morgan fingerprint density at radius 2 is 1.88 bits per heavy atom. The van der Waals surface area contributed by atoms with Crippen molar-refractivity contribution in [1.29, 1.82) is 0 Å². The van der Waals surface area contributed by atoms with E-state index in [1.165, 1.54) is 6.07 Å². The molecule has 0 amide bonds. The number of hydrogen-bond acceptors (Lipinski definition) is 6. The number of fused-ring (bicyclic) bond motifs is 1. The van der Waals surface area contributed by atoms with E-state index in [9.17, 15) is 14.2 Å². The van der Waals surface area contributed by atoms with Gasteiger partial charge in [0.25, 0.3) is 0 Å². The maximum Gasteiger partial charge on any atom is 0.355 e. The van der Waals surface area contributed by atoms with Crippen molar-refractivity contribution in [3.8, 4) is 0 Å². The molecule has 0 spiro atoms. The number of Topliss-reactive ketones (excluding diaryl/α,β-unsaturated/α-hetero) is 1. The third-order valence-electron chi connectivity index (χ3n) is 2.99. The zero-order valence-electron chi connectivity index (χ0n) is 13.2. The molecule has 1 aromatic carbocycles. The fourth-order valence-electron chi connectivity index (χ4n) is 2.02. The Labute approximate surface area is 147 Å². The number of allylic oxidation sites excluding steroid dienone is 1. The number of halogens is 1. The summed E-state index contributed by atoms with van der Waals surface area (Å²) in [6.45, 7) is 3.63. The summed E-state index contributed by atoms with van der Waals surface area (Å²) in [5.41, 5.74) is -0.559. The first-order chi connectivity index (χ1) is 11.4. The largest absolute Gasteiger partial charge is 0.422 e. The molecule has 0 saturated heterocycles. The molecule has 128 valence electrons. The van der Waals surface area contributed by atoms with Gasteiger partial charge in [-0.05, 0) is 41.9 Å². The van der Waals surface area contributed by atoms with Gasteiger partial charge in [0.2, 0.25) is 5.78 Å². The predicted molar refractivity (Wildman–Crippen MR) is 94.7 cm³/mol. The van der Waals surface area contributed by atoms with Crippen LogP contribution in [0.2, 0.25) is 0 Å². The number of carbonyl (C=O) groups excluding carboxylic acids is 1. The van der Waals surface area contributed by atoms with Gasteiger partial charge in [-0.15, -0.1) is 0 Å². The van der Waals surface area contributed by atoms with E-state index in [0.29, 0.717) is 11.0 Å². The van der Waals surface area contributed by atoms with Crippen molar-refractivity contribution >= 4 is 40.3 Å². The third kappa shape index (κ3) is 4.30. The van der Waals surface area contributed by atoms with E-state index in [1.54, 1.807) is 38.1 Å². The molecular weight excluding hydrogens is 399 g/mol. The first-order valence-corrected chi connectivity index (χ1v) is 9.65. The molecule has 6 nitrogen and oxygen atoms in total. The van der Waals surface area contributed by atoms with Crippen LogP contribution in [0.4, 0.5) is 0 Å². The lowest BCUT2D eigenvalue weighted by Gasteiger charge is -2.13. The number of carbonyl (C=O) groups is 1. The van der Waals surface area contributed by atoms with Gasteiger partial charge in [-0.3, -0.25) is 9.36 Å². The zero-order chi connectivity index (χ0) is 17.7. The molecule has 0 radical (unpaired) electrons. The molecule has 0 aliphatic heterocycles. The van der Waals surface area contributed by atoms with Gasteiger partial charge >= 0.3 is 13.2 Å². The molecule has 0 N–H and O–H groups in total. The summed E-state index contributed by atoms with van der Waals surface area (Å²) in [6, 6.07) is 8.28. The Morgan fingerprint density at radius 3 is 2.50 bits per heavy atom. The fourth-order valence-corrected chi connectivity index (χ4v) is 4.32. The molecule has 2 rings (SSSR count). The highest BCUT2D eigenvalue weighted by Crippen LogP contribution is 2.51. The Bertz CT molecular complexity index is 876. The van der Waals surface area contributed by atoms with Crippen molar-refractivity contribution in [3.63, 3.8) is 0 Å². The van der Waals surface area contributed by atoms with E-state index in [1.807, 2.05) is 0 Å². The number of para-hydroxylation sites is 1. The second-order valence-electron chi connectivity index (χ2n) is 4.67. The number of rotatable bonds is 7. The van der Waals surface area contributed by atoms with Crippen LogP contribution >= 0.6 is 23.5 Å². The predicted octanol–water partition coefficient (Wildman–Crippen LogP) is 4.48. The number of ketones is 1. The minimum Gasteiger partial charge on any atom is -0.422 e. The summed E-state index contributed by atoms with van der Waals surface area (Å²) < 4.78 is 27.7. The molecule has 1 heterocycles. The molecule has 2 aromatic rings. The second-order valence-corrected chi connectivity index (χ2v) is 7.38. The van der Waals surface area contributed by atoms with Crippen molar-refractivity contribution in [1.82, 2.24) is 0 Å². The van der Waals surface area contributed by atoms with Crippen LogP contribution in [0.25, 0.3) is 11.0 Å². The summed E-state index contributed by atoms with van der Waals surface area (Å²) in [5.74, 6) is 0.408. The topological polar surface area (TPSA) is 82.8 Å². The molecule has 0 saturated carbocycles. The van der Waals surface area contributed by atoms with E-state index in [-0.39, 0.29) is 23.3 Å². The normalized spacial score (nSPS) is 12.5. The van der Waals surface area contributed by atoms with E-state index in [4.69, 9.17) is 13.5 Å². The lowest BCUT2D eigenvalue weighted by Crippen LogP contribution is -2.14. The van der Waals surface area contributed by atoms with Crippen LogP contribution in [0, 0.1) is 0 Å². The van der Waals surface area contributed by atoms with Crippen LogP contribution in [-0.2, 0) is 13.6 Å². The van der Waals surface area contributed by atoms with Gasteiger partial charge < -0.3 is 13.5 Å². The Hall–Kier alpha value is -1.53. The Kier molecular flexibility index (Phi) is 6.29. The molecule has 0 bridgehead atoms. The van der Waals surface area contributed by atoms with Crippen LogP contribution in [0.3, 0.4) is 0 Å². The van der Waals surface area contributed by atoms with Gasteiger partial charge in [0.1, 0.15) is 11.1 Å². The van der Waals surface area contributed by atoms with E-state index in [2.05, 4.69) is 15.9 Å². The minimum atomic E-state index is -3.58. The van der Waals surface area contributed by atoms with Crippen molar-refractivity contribution in [3.05, 3.63) is 56.6 Å². The fraction of sp³-hybridized carbons (Fsp3) is 0.250. The van der Waals surface area contributed by atoms with Crippen molar-refractivity contribution in [2.24, 2.45) is 0 Å². The smallest absolute Gasteiger partial charge is 0.355 e. The molecule has 0 aliphatic carbocycles. The molecule has 24 heavy (non-hydrogen) atoms. The summed E-state index contributed by atoms with van der Waals surface area (Å²) in [4.78, 5) is 24.5. The van der Waals surface area contributed by atoms with Crippen molar-refractivity contribution in [2.45, 2.75) is 13.8 Å². The van der Waals surface area contributed by atoms with Crippen LogP contribution in [0.5, 0.6) is 0 Å². The summed E-state index contributed by atoms with van der Waals surface area (Å²) in [7, 11) is -3.58. The highest BCUT2D eigenvalue weighted by molar-refractivity contribution is 9.12. The van der Waals surface area contributed by atoms with Gasteiger partial charge in [-0.2, -0.15) is 0 Å². The maximum atomic E-state index is 12.5. The monoisotopic (exact) mass is 414 g/mol. The van der Waals surface area contributed by atoms with E-state index in [0.717, 1.165) is 5.82 Å². The zero-order valence-corrected chi connectivity index (χ0v) is 15.6. The van der Waals surface area contributed by atoms with Gasteiger partial charge in [-0.25, -0.2) is 4.79 Å². The summed E-state index contributed by atoms with van der Waals surface area (Å²) >= 11 is 3.05. The number of hydrogen-bond donors (Lipinski definition) is 0. The standard InChI is InChI=1S/C16H16BrO6P/c1-3-21-24(20,22-4-2)10-13(17)15(18)12-9-11-7-5-6-8-14(11)23-16(12)19/h5-10H,3-4H2,1-2H3/b13-10-. The molecule has 8 heteroatoms. The molecule has 0 atom stereocenters. The quantitative estimate of drug-likeness (QED) is 0.287. The second kappa shape index (κ2) is 8.03. The van der Waals surface area contributed by atoms with Crippen molar-refractivity contribution in [2.75, 3.05) is 13.2 Å². The van der Waals surface area contributed by atoms with Gasteiger partial charge in [-0.1, -0.05) is 18.2 Å². The SMILES string of the molecule is CCOP(=O)(/C=C(\Br)C(=O)c1cc2ccccc2oc1=O)OCC. The average Bonchev–Trinajstić information content (AvgIpc) is 2.53. The van der Waals surface area contributed by atoms with Gasteiger partial charge in [0, 0.05) is 11.2 Å². The maximum absolute atomic E-state index is 12.5. The molecular formula is C16H16BrO6P. The van der Waals surface area contributed by atoms with Crippen LogP contribution in [0.15, 0.2) is 49.8 Å². The molecule has 1 aromatic heterocycles. The summed E-state index contributed by atoms with van der Waals surface area (Å²) in [6.07, 6.45) is 0. The lowest BCUT2D eigenvalue weighted by molar-refractivity contribution is 0.104. The summed E-state index contributed by atoms with van der Waals surface area (Å²) in [5, 5.41) is 0.610. The first-order valence-electron chi connectivity index (χ1n) is 7.25. The van der Waals surface area contributed by atoms with Gasteiger partial charge in [0.15, 0.2) is 0 Å². The molecule has 0 aliphatic rings. The Morgan fingerprint density at radius 1 is 1.25 bits per heavy atom. The first kappa shape index (κ1) is 18.8. The number of benzene rings is 1. The average molecular weight is 415 g/mol. The van der Waals surface area contributed by atoms with E-state index >= 15 is 0 Å². The molecule has 0 unspecified atom stereocenters. The van der Waals surface area contributed by atoms with Gasteiger partial charge in [0.05, 0.1) is 17.7 Å². The highest BCUT2D eigenvalue weighted by Gasteiger charge is 2.25. The van der Waals surface area contributed by atoms with Crippen LogP contribution in [-0.4, -0.2) is 19.0 Å². The van der Waals surface area contributed by atoms with Crippen LogP contribution in [0.1, 0.15) is 24.2 Å². The van der Waals surface area contributed by atoms with Crippen LogP contribution < -0.4 is 5.63 Å². The minimum absolute atomic E-state index is 0.0877. The molecule has 0 fully saturated rings. The Balaban J connectivity index is 2.43. The van der Waals surface area contributed by atoms with Crippen molar-refractivity contribution < 1.29 is 22.8 Å².